The number of likely N-dealkylation sites (N-methyl/N-ethyl adjacent to an activating group) is 2. The molecule has 1 atom stereocenters. The van der Waals surface area contributed by atoms with E-state index >= 15 is 0 Å². The van der Waals surface area contributed by atoms with Crippen LogP contribution in [-0.2, 0) is 4.79 Å². The number of nitrogens with one attached hydrogen (secondary N) is 1. The van der Waals surface area contributed by atoms with Gasteiger partial charge in [-0.05, 0) is 14.0 Å². The Hall–Kier alpha value is -0.570. The van der Waals surface area contributed by atoms with Crippen molar-refractivity contribution in [2.24, 2.45) is 0 Å². The van der Waals surface area contributed by atoms with Gasteiger partial charge in [-0.3, -0.25) is 4.79 Å². The molecule has 0 aromatic carbocycles. The van der Waals surface area contributed by atoms with Crippen LogP contribution in [0.25, 0.3) is 0 Å². The van der Waals surface area contributed by atoms with Crippen molar-refractivity contribution in [3.8, 4) is 0 Å². The second kappa shape index (κ2) is 4.28. The minimum atomic E-state index is 0.114. The predicted octanol–water partition coefficient (Wildman–Crippen LogP) is 0.0726. The molecule has 0 saturated heterocycles. The van der Waals surface area contributed by atoms with Crippen molar-refractivity contribution in [3.63, 3.8) is 0 Å². The lowest BCUT2D eigenvalue weighted by Crippen LogP contribution is -2.39. The summed E-state index contributed by atoms with van der Waals surface area (Å²) in [6.07, 6.45) is 0. The molecule has 0 rings (SSSR count). The third-order valence-electron chi connectivity index (χ3n) is 1.66. The lowest BCUT2D eigenvalue weighted by atomic mass is 10.3. The van der Waals surface area contributed by atoms with E-state index in [4.69, 9.17) is 0 Å². The largest absolute Gasteiger partial charge is 0.342 e. The normalized spacial score (nSPS) is 12.8. The molecule has 0 spiro atoms. The first-order valence-electron chi connectivity index (χ1n) is 3.47. The molecule has 1 unspecified atom stereocenters. The van der Waals surface area contributed by atoms with Crippen molar-refractivity contribution in [3.05, 3.63) is 0 Å². The lowest BCUT2D eigenvalue weighted by molar-refractivity contribution is -0.129. The zero-order chi connectivity index (χ0) is 8.15. The van der Waals surface area contributed by atoms with Crippen LogP contribution in [-0.4, -0.2) is 37.5 Å². The van der Waals surface area contributed by atoms with E-state index in [0.717, 1.165) is 6.54 Å². The molecule has 0 aliphatic carbocycles. The summed E-state index contributed by atoms with van der Waals surface area (Å²) in [4.78, 5) is 12.5. The maximum atomic E-state index is 10.8. The summed E-state index contributed by atoms with van der Waals surface area (Å²) in [7, 11) is 3.69. The Labute approximate surface area is 62.4 Å². The Bertz CT molecular complexity index is 114. The molecule has 0 aliphatic rings. The summed E-state index contributed by atoms with van der Waals surface area (Å²) >= 11 is 0. The summed E-state index contributed by atoms with van der Waals surface area (Å²) in [5.41, 5.74) is 0. The van der Waals surface area contributed by atoms with Gasteiger partial charge >= 0.3 is 0 Å². The first-order chi connectivity index (χ1) is 4.59. The Morgan fingerprint density at radius 3 is 2.50 bits per heavy atom. The van der Waals surface area contributed by atoms with E-state index in [1.165, 1.54) is 0 Å². The van der Waals surface area contributed by atoms with Crippen molar-refractivity contribution >= 4 is 5.91 Å². The molecule has 1 amide bonds. The molecule has 0 bridgehead atoms. The molecule has 0 aliphatic heterocycles. The molecule has 0 heterocycles. The van der Waals surface area contributed by atoms with Gasteiger partial charge in [-0.25, -0.2) is 0 Å². The Balaban J connectivity index is 3.69. The molecule has 0 aromatic heterocycles. The number of carbonyl (C=O) groups excluding carboxylic acids is 1. The summed E-state index contributed by atoms with van der Waals surface area (Å²) in [5, 5.41) is 3.01. The first kappa shape index (κ1) is 9.43. The van der Waals surface area contributed by atoms with Crippen LogP contribution in [0.15, 0.2) is 0 Å². The van der Waals surface area contributed by atoms with E-state index in [0.29, 0.717) is 0 Å². The Morgan fingerprint density at radius 1 is 1.70 bits per heavy atom. The van der Waals surface area contributed by atoms with E-state index in [9.17, 15) is 4.79 Å². The van der Waals surface area contributed by atoms with E-state index in [2.05, 4.69) is 5.32 Å². The molecule has 0 saturated carbocycles. The fraction of sp³-hybridized carbons (Fsp3) is 0.857. The molecular formula is C7H16N2O. The van der Waals surface area contributed by atoms with Gasteiger partial charge in [0.15, 0.2) is 0 Å². The second-order valence-electron chi connectivity index (χ2n) is 2.54. The zero-order valence-corrected chi connectivity index (χ0v) is 7.14. The van der Waals surface area contributed by atoms with Crippen molar-refractivity contribution in [2.45, 2.75) is 19.9 Å². The van der Waals surface area contributed by atoms with E-state index in [-0.39, 0.29) is 11.9 Å². The molecule has 3 heteroatoms. The highest BCUT2D eigenvalue weighted by Crippen LogP contribution is 1.92. The van der Waals surface area contributed by atoms with Gasteiger partial charge in [0.2, 0.25) is 5.91 Å². The quantitative estimate of drug-likeness (QED) is 0.608. The molecule has 0 radical (unpaired) electrons. The number of hydrogen-bond donors (Lipinski definition) is 1. The minimum absolute atomic E-state index is 0.114. The van der Waals surface area contributed by atoms with Gasteiger partial charge in [0.05, 0.1) is 0 Å². The highest BCUT2D eigenvalue weighted by atomic mass is 16.2. The van der Waals surface area contributed by atoms with Gasteiger partial charge in [-0.15, -0.1) is 0 Å². The van der Waals surface area contributed by atoms with Crippen LogP contribution in [0.5, 0.6) is 0 Å². The van der Waals surface area contributed by atoms with Crippen LogP contribution in [0.1, 0.15) is 13.8 Å². The number of rotatable bonds is 3. The van der Waals surface area contributed by atoms with Crippen LogP contribution in [0.3, 0.4) is 0 Å². The summed E-state index contributed by atoms with van der Waals surface area (Å²) in [6.45, 7) is 4.43. The van der Waals surface area contributed by atoms with Gasteiger partial charge in [0.1, 0.15) is 0 Å². The van der Waals surface area contributed by atoms with Gasteiger partial charge in [0.25, 0.3) is 0 Å². The van der Waals surface area contributed by atoms with E-state index in [1.54, 1.807) is 11.8 Å². The van der Waals surface area contributed by atoms with Crippen molar-refractivity contribution in [1.82, 2.24) is 10.2 Å². The summed E-state index contributed by atoms with van der Waals surface area (Å²) < 4.78 is 0. The van der Waals surface area contributed by atoms with Gasteiger partial charge in [0, 0.05) is 26.6 Å². The Kier molecular flexibility index (Phi) is 4.03. The fourth-order valence-corrected chi connectivity index (χ4v) is 0.743. The number of amides is 1. The highest BCUT2D eigenvalue weighted by molar-refractivity contribution is 5.73. The Morgan fingerprint density at radius 2 is 2.20 bits per heavy atom. The average Bonchev–Trinajstić information content (AvgIpc) is 1.87. The molecule has 0 fully saturated rings. The maximum Gasteiger partial charge on any atom is 0.219 e. The second-order valence-corrected chi connectivity index (χ2v) is 2.54. The molecule has 0 aromatic rings. The van der Waals surface area contributed by atoms with Crippen molar-refractivity contribution in [1.29, 1.82) is 0 Å². The smallest absolute Gasteiger partial charge is 0.219 e. The number of hydrogen-bond acceptors (Lipinski definition) is 2. The lowest BCUT2D eigenvalue weighted by Gasteiger charge is -2.22. The first-order valence-corrected chi connectivity index (χ1v) is 3.47. The summed E-state index contributed by atoms with van der Waals surface area (Å²) in [5.74, 6) is 0.114. The number of carbonyl (C=O) groups is 1. The summed E-state index contributed by atoms with van der Waals surface area (Å²) in [6, 6.07) is 0.280. The molecule has 10 heavy (non-hydrogen) atoms. The van der Waals surface area contributed by atoms with Crippen molar-refractivity contribution in [2.75, 3.05) is 20.6 Å². The van der Waals surface area contributed by atoms with E-state index in [1.807, 2.05) is 21.0 Å². The van der Waals surface area contributed by atoms with Gasteiger partial charge < -0.3 is 10.2 Å². The third kappa shape index (κ3) is 2.82. The van der Waals surface area contributed by atoms with Crippen LogP contribution in [0.4, 0.5) is 0 Å². The third-order valence-corrected chi connectivity index (χ3v) is 1.66. The minimum Gasteiger partial charge on any atom is -0.342 e. The molecular weight excluding hydrogens is 128 g/mol. The van der Waals surface area contributed by atoms with Crippen molar-refractivity contribution < 1.29 is 4.79 Å². The average molecular weight is 144 g/mol. The molecule has 60 valence electrons. The predicted molar refractivity (Wildman–Crippen MR) is 41.8 cm³/mol. The fourth-order valence-electron chi connectivity index (χ4n) is 0.743. The van der Waals surface area contributed by atoms with Crippen LogP contribution in [0.2, 0.25) is 0 Å². The van der Waals surface area contributed by atoms with Gasteiger partial charge in [-0.2, -0.15) is 0 Å². The topological polar surface area (TPSA) is 32.3 Å². The number of nitrogens with zero attached hydrogens (tertiary/aromatic N) is 1. The zero-order valence-electron chi connectivity index (χ0n) is 7.14. The maximum absolute atomic E-state index is 10.8. The van der Waals surface area contributed by atoms with Crippen LogP contribution >= 0.6 is 0 Å². The highest BCUT2D eigenvalue weighted by Gasteiger charge is 2.09. The van der Waals surface area contributed by atoms with Crippen LogP contribution in [0, 0.1) is 0 Å². The monoisotopic (exact) mass is 144 g/mol. The SMILES string of the molecule is CNCC(C)N(C)C(C)=O. The molecule has 1 N–H and O–H groups in total. The van der Waals surface area contributed by atoms with E-state index < -0.39 is 0 Å². The van der Waals surface area contributed by atoms with Crippen LogP contribution < -0.4 is 5.32 Å². The van der Waals surface area contributed by atoms with Gasteiger partial charge in [-0.1, -0.05) is 0 Å². The molecule has 3 nitrogen and oxygen atoms in total. The standard InChI is InChI=1S/C7H16N2O/c1-6(5-8-3)9(4)7(2)10/h6,8H,5H2,1-4H3.